The average Bonchev–Trinajstić information content (AvgIpc) is 2.80. The van der Waals surface area contributed by atoms with Gasteiger partial charge in [0.1, 0.15) is 5.82 Å². The van der Waals surface area contributed by atoms with E-state index < -0.39 is 17.9 Å². The van der Waals surface area contributed by atoms with Crippen molar-refractivity contribution in [2.24, 2.45) is 0 Å². The molecule has 0 aromatic heterocycles. The predicted octanol–water partition coefficient (Wildman–Crippen LogP) is 0.922. The summed E-state index contributed by atoms with van der Waals surface area (Å²) < 4.78 is 18.4. The molecule has 0 radical (unpaired) electrons. The summed E-state index contributed by atoms with van der Waals surface area (Å²) >= 11 is 0. The van der Waals surface area contributed by atoms with Crippen LogP contribution in [0.15, 0.2) is 35.5 Å². The highest BCUT2D eigenvalue weighted by molar-refractivity contribution is 6.01. The van der Waals surface area contributed by atoms with E-state index in [1.807, 2.05) is 0 Å². The van der Waals surface area contributed by atoms with Gasteiger partial charge in [0.2, 0.25) is 0 Å². The molecule has 0 unspecified atom stereocenters. The van der Waals surface area contributed by atoms with Crippen molar-refractivity contribution in [1.29, 1.82) is 0 Å². The van der Waals surface area contributed by atoms with Crippen molar-refractivity contribution in [3.63, 3.8) is 0 Å². The smallest absolute Gasteiger partial charge is 0.319 e. The molecule has 22 heavy (non-hydrogen) atoms. The molecule has 0 aliphatic carbocycles. The zero-order valence-electron chi connectivity index (χ0n) is 12.1. The molecule has 2 heterocycles. The largest absolute Gasteiger partial charge is 0.383 e. The topological polar surface area (TPSA) is 70.7 Å². The van der Waals surface area contributed by atoms with E-state index in [4.69, 9.17) is 4.74 Å². The lowest BCUT2D eigenvalue weighted by Crippen LogP contribution is -2.44. The zero-order chi connectivity index (χ0) is 15.7. The fourth-order valence-electron chi connectivity index (χ4n) is 2.75. The average molecular weight is 305 g/mol. The van der Waals surface area contributed by atoms with Crippen molar-refractivity contribution in [2.45, 2.75) is 6.04 Å². The number of carbonyl (C=O) groups excluding carboxylic acids is 2. The normalized spacial score (nSPS) is 20.8. The van der Waals surface area contributed by atoms with E-state index in [0.29, 0.717) is 36.5 Å². The van der Waals surface area contributed by atoms with Crippen LogP contribution in [0.3, 0.4) is 0 Å². The quantitative estimate of drug-likeness (QED) is 0.869. The number of methoxy groups -OCH3 is 1. The van der Waals surface area contributed by atoms with Gasteiger partial charge >= 0.3 is 6.03 Å². The Morgan fingerprint density at radius 3 is 2.95 bits per heavy atom. The molecule has 0 saturated carbocycles. The molecule has 1 atom stereocenters. The first-order chi connectivity index (χ1) is 10.6. The lowest BCUT2D eigenvalue weighted by Gasteiger charge is -2.25. The van der Waals surface area contributed by atoms with Crippen LogP contribution in [0, 0.1) is 5.82 Å². The maximum atomic E-state index is 13.4. The molecule has 0 bridgehead atoms. The number of nitrogens with zero attached hydrogens (tertiary/aromatic N) is 1. The van der Waals surface area contributed by atoms with Gasteiger partial charge < -0.3 is 20.3 Å². The van der Waals surface area contributed by atoms with E-state index in [0.717, 1.165) is 0 Å². The number of urea groups is 1. The van der Waals surface area contributed by atoms with Crippen molar-refractivity contribution in [3.8, 4) is 0 Å². The number of amides is 3. The number of halogens is 1. The maximum Gasteiger partial charge on any atom is 0.319 e. The molecular formula is C15H16FN3O3. The van der Waals surface area contributed by atoms with Gasteiger partial charge in [-0.25, -0.2) is 9.18 Å². The molecule has 1 aromatic rings. The Kier molecular flexibility index (Phi) is 3.81. The molecule has 1 aromatic carbocycles. The van der Waals surface area contributed by atoms with Gasteiger partial charge in [0.15, 0.2) is 0 Å². The van der Waals surface area contributed by atoms with E-state index in [9.17, 15) is 14.0 Å². The minimum absolute atomic E-state index is 0.172. The second-order valence-electron chi connectivity index (χ2n) is 5.20. The molecule has 2 aliphatic heterocycles. The molecule has 2 aliphatic rings. The van der Waals surface area contributed by atoms with Gasteiger partial charge in [-0.15, -0.1) is 0 Å². The lowest BCUT2D eigenvalue weighted by molar-refractivity contribution is -0.126. The zero-order valence-corrected chi connectivity index (χ0v) is 12.1. The van der Waals surface area contributed by atoms with Crippen LogP contribution >= 0.6 is 0 Å². The fraction of sp³-hybridized carbons (Fsp3) is 0.333. The van der Waals surface area contributed by atoms with Gasteiger partial charge in [-0.3, -0.25) is 4.79 Å². The van der Waals surface area contributed by atoms with E-state index in [1.54, 1.807) is 24.1 Å². The van der Waals surface area contributed by atoms with Crippen LogP contribution in [0.2, 0.25) is 0 Å². The summed E-state index contributed by atoms with van der Waals surface area (Å²) in [4.78, 5) is 26.0. The van der Waals surface area contributed by atoms with E-state index >= 15 is 0 Å². The Balaban J connectivity index is 1.92. The summed E-state index contributed by atoms with van der Waals surface area (Å²) in [5.74, 6) is -0.581. The Bertz CT molecular complexity index is 659. The van der Waals surface area contributed by atoms with Crippen LogP contribution in [-0.4, -0.2) is 43.6 Å². The minimum atomic E-state index is -0.639. The number of benzene rings is 1. The van der Waals surface area contributed by atoms with Crippen molar-refractivity contribution < 1.29 is 18.7 Å². The minimum Gasteiger partial charge on any atom is -0.383 e. The first-order valence-corrected chi connectivity index (χ1v) is 6.94. The number of carbonyl (C=O) groups is 2. The Morgan fingerprint density at radius 1 is 1.41 bits per heavy atom. The number of ether oxygens (including phenoxy) is 1. The molecule has 2 N–H and O–H groups in total. The summed E-state index contributed by atoms with van der Waals surface area (Å²) in [5.41, 5.74) is 1.57. The van der Waals surface area contributed by atoms with Crippen molar-refractivity contribution in [3.05, 3.63) is 46.9 Å². The Morgan fingerprint density at radius 2 is 2.23 bits per heavy atom. The fourth-order valence-corrected chi connectivity index (χ4v) is 2.75. The highest BCUT2D eigenvalue weighted by Crippen LogP contribution is 2.32. The number of hydrogen-bond donors (Lipinski definition) is 2. The third kappa shape index (κ3) is 2.55. The summed E-state index contributed by atoms with van der Waals surface area (Å²) in [6.45, 7) is 1.18. The molecule has 0 fully saturated rings. The third-order valence-corrected chi connectivity index (χ3v) is 3.77. The van der Waals surface area contributed by atoms with Crippen molar-refractivity contribution >= 4 is 11.9 Å². The van der Waals surface area contributed by atoms with Crippen LogP contribution in [-0.2, 0) is 9.53 Å². The van der Waals surface area contributed by atoms with Gasteiger partial charge in [0.05, 0.1) is 30.5 Å². The summed E-state index contributed by atoms with van der Waals surface area (Å²) in [5, 5.41) is 5.35. The van der Waals surface area contributed by atoms with Crippen LogP contribution in [0.4, 0.5) is 9.18 Å². The predicted molar refractivity (Wildman–Crippen MR) is 76.3 cm³/mol. The number of rotatable bonds is 4. The Labute approximate surface area is 126 Å². The number of hydrogen-bond acceptors (Lipinski definition) is 3. The van der Waals surface area contributed by atoms with Gasteiger partial charge in [0.25, 0.3) is 5.91 Å². The van der Waals surface area contributed by atoms with E-state index in [1.165, 1.54) is 12.1 Å². The standard InChI is InChI=1S/C15H16FN3O3/c1-22-6-5-19-8-11-12(14(19)20)13(18-15(21)17-11)9-3-2-4-10(16)7-9/h2-4,7,13H,5-6,8H2,1H3,(H2,17,18,21)/t13-/m0/s1. The third-order valence-electron chi connectivity index (χ3n) is 3.77. The summed E-state index contributed by atoms with van der Waals surface area (Å²) in [6.07, 6.45) is 0. The molecule has 3 rings (SSSR count). The van der Waals surface area contributed by atoms with Gasteiger partial charge in [-0.1, -0.05) is 12.1 Å². The summed E-state index contributed by atoms with van der Waals surface area (Å²) in [7, 11) is 1.56. The van der Waals surface area contributed by atoms with Crippen LogP contribution < -0.4 is 10.6 Å². The molecular weight excluding hydrogens is 289 g/mol. The van der Waals surface area contributed by atoms with Gasteiger partial charge in [-0.2, -0.15) is 0 Å². The van der Waals surface area contributed by atoms with Crippen LogP contribution in [0.1, 0.15) is 11.6 Å². The summed E-state index contributed by atoms with van der Waals surface area (Å²) in [6, 6.07) is 4.86. The van der Waals surface area contributed by atoms with Gasteiger partial charge in [0, 0.05) is 13.7 Å². The SMILES string of the molecule is COCCN1CC2=C(C1=O)[C@H](c1cccc(F)c1)NC(=O)N2. The lowest BCUT2D eigenvalue weighted by atomic mass is 9.96. The number of nitrogens with one attached hydrogen (secondary N) is 2. The van der Waals surface area contributed by atoms with Gasteiger partial charge in [-0.05, 0) is 17.7 Å². The first-order valence-electron chi connectivity index (χ1n) is 6.94. The maximum absolute atomic E-state index is 13.4. The monoisotopic (exact) mass is 305 g/mol. The second-order valence-corrected chi connectivity index (χ2v) is 5.20. The van der Waals surface area contributed by atoms with Crippen LogP contribution in [0.5, 0.6) is 0 Å². The molecule has 0 saturated heterocycles. The van der Waals surface area contributed by atoms with Crippen molar-refractivity contribution in [1.82, 2.24) is 15.5 Å². The highest BCUT2D eigenvalue weighted by atomic mass is 19.1. The molecule has 7 heteroatoms. The highest BCUT2D eigenvalue weighted by Gasteiger charge is 2.40. The van der Waals surface area contributed by atoms with Crippen LogP contribution in [0.25, 0.3) is 0 Å². The van der Waals surface area contributed by atoms with Crippen molar-refractivity contribution in [2.75, 3.05) is 26.8 Å². The van der Waals surface area contributed by atoms with E-state index in [2.05, 4.69) is 10.6 Å². The van der Waals surface area contributed by atoms with E-state index in [-0.39, 0.29) is 5.91 Å². The Hall–Kier alpha value is -2.41. The molecule has 0 spiro atoms. The molecule has 3 amide bonds. The first kappa shape index (κ1) is 14.5. The molecule has 116 valence electrons. The molecule has 6 nitrogen and oxygen atoms in total. The second kappa shape index (κ2) is 5.76.